The van der Waals surface area contributed by atoms with Crippen LogP contribution in [0, 0.1) is 11.8 Å². The summed E-state index contributed by atoms with van der Waals surface area (Å²) < 4.78 is 5.42. The van der Waals surface area contributed by atoms with Crippen molar-refractivity contribution >= 4 is 0 Å². The molecule has 1 saturated heterocycles. The van der Waals surface area contributed by atoms with E-state index in [-0.39, 0.29) is 0 Å². The van der Waals surface area contributed by atoms with Gasteiger partial charge < -0.3 is 9.64 Å². The van der Waals surface area contributed by atoms with Crippen molar-refractivity contribution in [1.29, 1.82) is 0 Å². The number of nitrogens with zero attached hydrogens (tertiary/aromatic N) is 1. The quantitative estimate of drug-likeness (QED) is 0.637. The third kappa shape index (κ3) is 2.76. The van der Waals surface area contributed by atoms with Crippen LogP contribution in [-0.4, -0.2) is 38.3 Å². The van der Waals surface area contributed by atoms with Gasteiger partial charge in [0.1, 0.15) is 0 Å². The van der Waals surface area contributed by atoms with Crippen molar-refractivity contribution < 1.29 is 4.74 Å². The van der Waals surface area contributed by atoms with Crippen molar-refractivity contribution in [2.45, 2.75) is 20.3 Å². The van der Waals surface area contributed by atoms with Crippen LogP contribution in [0.1, 0.15) is 20.3 Å². The summed E-state index contributed by atoms with van der Waals surface area (Å²) in [7, 11) is 2.20. The molecule has 1 heterocycles. The van der Waals surface area contributed by atoms with Crippen molar-refractivity contribution in [2.75, 3.05) is 33.4 Å². The van der Waals surface area contributed by atoms with E-state index in [1.807, 2.05) is 0 Å². The molecular formula is C10H21NO. The first kappa shape index (κ1) is 10.0. The van der Waals surface area contributed by atoms with Crippen LogP contribution in [0.3, 0.4) is 0 Å². The molecule has 2 heteroatoms. The Morgan fingerprint density at radius 2 is 2.17 bits per heavy atom. The van der Waals surface area contributed by atoms with Gasteiger partial charge in [0, 0.05) is 13.2 Å². The summed E-state index contributed by atoms with van der Waals surface area (Å²) in [5.41, 5.74) is 0. The molecule has 0 bridgehead atoms. The summed E-state index contributed by atoms with van der Waals surface area (Å²) in [6, 6.07) is 0. The van der Waals surface area contributed by atoms with Crippen LogP contribution in [0.2, 0.25) is 0 Å². The third-order valence-electron chi connectivity index (χ3n) is 2.67. The summed E-state index contributed by atoms with van der Waals surface area (Å²) in [4.78, 5) is 2.41. The van der Waals surface area contributed by atoms with Gasteiger partial charge in [-0.2, -0.15) is 0 Å². The molecule has 0 aromatic rings. The largest absolute Gasteiger partial charge is 0.381 e. The van der Waals surface area contributed by atoms with Gasteiger partial charge in [-0.25, -0.2) is 0 Å². The van der Waals surface area contributed by atoms with Gasteiger partial charge in [-0.05, 0) is 31.8 Å². The molecule has 72 valence electrons. The highest BCUT2D eigenvalue weighted by Gasteiger charge is 2.24. The first-order valence-corrected chi connectivity index (χ1v) is 5.00. The van der Waals surface area contributed by atoms with Gasteiger partial charge >= 0.3 is 0 Å². The fourth-order valence-electron chi connectivity index (χ4n) is 1.81. The molecule has 0 aromatic heterocycles. The highest BCUT2D eigenvalue weighted by atomic mass is 16.5. The van der Waals surface area contributed by atoms with Gasteiger partial charge in [-0.15, -0.1) is 0 Å². The lowest BCUT2D eigenvalue weighted by molar-refractivity contribution is 0.173. The molecule has 2 atom stereocenters. The van der Waals surface area contributed by atoms with Crippen LogP contribution in [0.4, 0.5) is 0 Å². The number of hydrogen-bond donors (Lipinski definition) is 0. The van der Waals surface area contributed by atoms with Crippen molar-refractivity contribution in [3.63, 3.8) is 0 Å². The third-order valence-corrected chi connectivity index (χ3v) is 2.67. The van der Waals surface area contributed by atoms with Gasteiger partial charge in [-0.3, -0.25) is 0 Å². The fraction of sp³-hybridized carbons (Fsp3) is 1.00. The van der Waals surface area contributed by atoms with E-state index in [1.54, 1.807) is 0 Å². The van der Waals surface area contributed by atoms with Gasteiger partial charge in [0.25, 0.3) is 0 Å². The monoisotopic (exact) mass is 171 g/mol. The van der Waals surface area contributed by atoms with Gasteiger partial charge in [0.05, 0.1) is 6.61 Å². The predicted molar refractivity (Wildman–Crippen MR) is 51.3 cm³/mol. The van der Waals surface area contributed by atoms with Gasteiger partial charge in [-0.1, -0.05) is 13.8 Å². The number of hydrogen-bond acceptors (Lipinski definition) is 2. The van der Waals surface area contributed by atoms with E-state index in [1.165, 1.54) is 19.5 Å². The van der Waals surface area contributed by atoms with Crippen molar-refractivity contribution in [3.05, 3.63) is 0 Å². The molecule has 1 fully saturated rings. The first-order chi connectivity index (χ1) is 5.74. The molecule has 0 N–H and O–H groups in total. The molecule has 2 unspecified atom stereocenters. The maximum Gasteiger partial charge on any atom is 0.0510 e. The van der Waals surface area contributed by atoms with Crippen LogP contribution in [-0.2, 0) is 4.74 Å². The maximum absolute atomic E-state index is 5.42. The van der Waals surface area contributed by atoms with Crippen molar-refractivity contribution in [1.82, 2.24) is 4.90 Å². The second kappa shape index (κ2) is 4.83. The Hall–Kier alpha value is -0.0800. The normalized spacial score (nSPS) is 30.0. The Balaban J connectivity index is 2.20. The number of ether oxygens (including phenoxy) is 1. The number of rotatable bonds is 4. The van der Waals surface area contributed by atoms with E-state index in [2.05, 4.69) is 25.8 Å². The van der Waals surface area contributed by atoms with Gasteiger partial charge in [0.15, 0.2) is 0 Å². The van der Waals surface area contributed by atoms with E-state index in [0.29, 0.717) is 0 Å². The van der Waals surface area contributed by atoms with Crippen molar-refractivity contribution in [3.8, 4) is 0 Å². The Morgan fingerprint density at radius 1 is 1.42 bits per heavy atom. The second-order valence-corrected chi connectivity index (χ2v) is 4.04. The van der Waals surface area contributed by atoms with Gasteiger partial charge in [0.2, 0.25) is 0 Å². The lowest BCUT2D eigenvalue weighted by Gasteiger charge is -2.21. The minimum absolute atomic E-state index is 0.754. The molecule has 1 rings (SSSR count). The highest BCUT2D eigenvalue weighted by molar-refractivity contribution is 4.74. The lowest BCUT2D eigenvalue weighted by atomic mass is 9.98. The maximum atomic E-state index is 5.42. The Kier molecular flexibility index (Phi) is 4.02. The summed E-state index contributed by atoms with van der Waals surface area (Å²) in [5.74, 6) is 1.52. The highest BCUT2D eigenvalue weighted by Crippen LogP contribution is 2.20. The van der Waals surface area contributed by atoms with Crippen LogP contribution in [0.25, 0.3) is 0 Å². The van der Waals surface area contributed by atoms with Crippen LogP contribution < -0.4 is 0 Å². The van der Waals surface area contributed by atoms with Crippen LogP contribution in [0.15, 0.2) is 0 Å². The molecule has 1 aliphatic rings. The average molecular weight is 171 g/mol. The van der Waals surface area contributed by atoms with E-state index < -0.39 is 0 Å². The van der Waals surface area contributed by atoms with E-state index >= 15 is 0 Å². The van der Waals surface area contributed by atoms with Crippen LogP contribution in [0.5, 0.6) is 0 Å². The fourth-order valence-corrected chi connectivity index (χ4v) is 1.81. The molecule has 1 aliphatic heterocycles. The Labute approximate surface area is 75.9 Å². The van der Waals surface area contributed by atoms with Crippen LogP contribution >= 0.6 is 0 Å². The zero-order valence-corrected chi connectivity index (χ0v) is 8.55. The molecule has 0 aromatic carbocycles. The van der Waals surface area contributed by atoms with E-state index in [0.717, 1.165) is 25.0 Å². The minimum atomic E-state index is 0.754. The second-order valence-electron chi connectivity index (χ2n) is 4.04. The molecule has 0 amide bonds. The van der Waals surface area contributed by atoms with E-state index in [9.17, 15) is 0 Å². The molecule has 0 saturated carbocycles. The minimum Gasteiger partial charge on any atom is -0.381 e. The summed E-state index contributed by atoms with van der Waals surface area (Å²) in [6.07, 6.45) is 1.25. The summed E-state index contributed by atoms with van der Waals surface area (Å²) in [5, 5.41) is 0. The van der Waals surface area contributed by atoms with E-state index in [4.69, 9.17) is 4.74 Å². The standard InChI is InChI=1S/C10H21NO/c1-4-5-11(3)6-10-8-12-7-9(10)2/h9-10H,4-8H2,1-3H3. The zero-order valence-electron chi connectivity index (χ0n) is 8.55. The first-order valence-electron chi connectivity index (χ1n) is 5.00. The summed E-state index contributed by atoms with van der Waals surface area (Å²) >= 11 is 0. The Bertz CT molecular complexity index is 127. The molecule has 12 heavy (non-hydrogen) atoms. The topological polar surface area (TPSA) is 12.5 Å². The molecule has 0 spiro atoms. The lowest BCUT2D eigenvalue weighted by Crippen LogP contribution is -2.29. The molecule has 0 aliphatic carbocycles. The summed E-state index contributed by atoms with van der Waals surface area (Å²) in [6.45, 7) is 8.86. The average Bonchev–Trinajstić information content (AvgIpc) is 2.37. The smallest absolute Gasteiger partial charge is 0.0510 e. The molecule has 0 radical (unpaired) electrons. The zero-order chi connectivity index (χ0) is 8.97. The molecular weight excluding hydrogens is 150 g/mol. The SMILES string of the molecule is CCCN(C)CC1COCC1C. The van der Waals surface area contributed by atoms with Crippen molar-refractivity contribution in [2.24, 2.45) is 11.8 Å². The predicted octanol–water partition coefficient (Wildman–Crippen LogP) is 1.61. The Morgan fingerprint density at radius 3 is 2.67 bits per heavy atom. The molecule has 2 nitrogen and oxygen atoms in total.